The van der Waals surface area contributed by atoms with E-state index in [-0.39, 0.29) is 0 Å². The van der Waals surface area contributed by atoms with Crippen LogP contribution < -0.4 is 5.73 Å². The molecule has 1 aromatic carbocycles. The lowest BCUT2D eigenvalue weighted by Gasteiger charge is -2.06. The Labute approximate surface area is 91.0 Å². The molecule has 2 N–H and O–H groups in total. The van der Waals surface area contributed by atoms with Gasteiger partial charge in [-0.3, -0.25) is 0 Å². The first kappa shape index (κ1) is 10.5. The highest BCUT2D eigenvalue weighted by molar-refractivity contribution is 5.66. The van der Waals surface area contributed by atoms with Crippen LogP contribution in [0.3, 0.4) is 0 Å². The molecule has 1 aromatic heterocycles. The average Bonchev–Trinajstić information content (AvgIpc) is 2.20. The number of rotatable bonds is 1. The van der Waals surface area contributed by atoms with Crippen LogP contribution in [0.1, 0.15) is 5.56 Å². The second-order valence-corrected chi connectivity index (χ2v) is 3.39. The molecule has 0 saturated carbocycles. The molecular formula is C11H9F2N3. The normalized spacial score (nSPS) is 10.4. The van der Waals surface area contributed by atoms with Crippen LogP contribution >= 0.6 is 0 Å². The minimum absolute atomic E-state index is 0.301. The first-order valence-electron chi connectivity index (χ1n) is 4.61. The summed E-state index contributed by atoms with van der Waals surface area (Å²) in [6.45, 7) is 1.70. The summed E-state index contributed by atoms with van der Waals surface area (Å²) < 4.78 is 26.1. The third kappa shape index (κ3) is 1.84. The number of aromatic nitrogens is 2. The van der Waals surface area contributed by atoms with Crippen molar-refractivity contribution >= 4 is 5.82 Å². The zero-order chi connectivity index (χ0) is 11.7. The zero-order valence-electron chi connectivity index (χ0n) is 8.54. The maximum absolute atomic E-state index is 13.0. The maximum Gasteiger partial charge on any atom is 0.130 e. The van der Waals surface area contributed by atoms with Crippen LogP contribution in [0.15, 0.2) is 24.5 Å². The summed E-state index contributed by atoms with van der Waals surface area (Å²) in [6, 6.07) is 3.22. The van der Waals surface area contributed by atoms with Crippen molar-refractivity contribution in [2.75, 3.05) is 5.73 Å². The van der Waals surface area contributed by atoms with Gasteiger partial charge in [-0.1, -0.05) is 0 Å². The van der Waals surface area contributed by atoms with Crippen molar-refractivity contribution in [1.82, 2.24) is 9.97 Å². The van der Waals surface area contributed by atoms with E-state index in [1.165, 1.54) is 18.5 Å². The number of halogens is 2. The molecule has 0 atom stereocenters. The summed E-state index contributed by atoms with van der Waals surface area (Å²) in [5, 5.41) is 0. The van der Waals surface area contributed by atoms with Gasteiger partial charge in [0.25, 0.3) is 0 Å². The van der Waals surface area contributed by atoms with E-state index in [0.29, 0.717) is 22.6 Å². The smallest absolute Gasteiger partial charge is 0.130 e. The van der Waals surface area contributed by atoms with Gasteiger partial charge in [-0.15, -0.1) is 0 Å². The second-order valence-electron chi connectivity index (χ2n) is 3.39. The Morgan fingerprint density at radius 3 is 2.31 bits per heavy atom. The molecule has 3 nitrogen and oxygen atoms in total. The lowest BCUT2D eigenvalue weighted by atomic mass is 10.1. The van der Waals surface area contributed by atoms with Crippen molar-refractivity contribution in [3.63, 3.8) is 0 Å². The third-order valence-electron chi connectivity index (χ3n) is 2.26. The van der Waals surface area contributed by atoms with Gasteiger partial charge in [0.15, 0.2) is 0 Å². The number of nitrogens with zero attached hydrogens (tertiary/aromatic N) is 2. The molecule has 0 fully saturated rings. The zero-order valence-corrected chi connectivity index (χ0v) is 8.54. The first-order valence-corrected chi connectivity index (χ1v) is 4.61. The van der Waals surface area contributed by atoms with Gasteiger partial charge in [-0.2, -0.15) is 0 Å². The molecule has 0 spiro atoms. The van der Waals surface area contributed by atoms with Crippen molar-refractivity contribution in [2.24, 2.45) is 0 Å². The highest BCUT2D eigenvalue weighted by Crippen LogP contribution is 2.24. The summed E-state index contributed by atoms with van der Waals surface area (Å²) >= 11 is 0. The molecule has 0 bridgehead atoms. The van der Waals surface area contributed by atoms with Gasteiger partial charge in [-0.05, 0) is 19.1 Å². The van der Waals surface area contributed by atoms with Crippen molar-refractivity contribution in [1.29, 1.82) is 0 Å². The Kier molecular flexibility index (Phi) is 2.52. The first-order chi connectivity index (χ1) is 7.58. The average molecular weight is 221 g/mol. The van der Waals surface area contributed by atoms with Crippen LogP contribution in [0, 0.1) is 18.6 Å². The van der Waals surface area contributed by atoms with Gasteiger partial charge in [-0.25, -0.2) is 18.7 Å². The molecule has 5 heteroatoms. The number of benzene rings is 1. The molecule has 0 saturated heterocycles. The molecule has 16 heavy (non-hydrogen) atoms. The minimum atomic E-state index is -0.647. The fourth-order valence-electron chi connectivity index (χ4n) is 1.45. The van der Waals surface area contributed by atoms with E-state index < -0.39 is 11.6 Å². The topological polar surface area (TPSA) is 51.8 Å². The summed E-state index contributed by atoms with van der Waals surface area (Å²) in [7, 11) is 0. The quantitative estimate of drug-likeness (QED) is 0.803. The maximum atomic E-state index is 13.0. The van der Waals surface area contributed by atoms with Gasteiger partial charge in [0.05, 0.1) is 5.69 Å². The molecule has 2 aromatic rings. The van der Waals surface area contributed by atoms with Gasteiger partial charge in [0.2, 0.25) is 0 Å². The van der Waals surface area contributed by atoms with Crippen LogP contribution in [0.5, 0.6) is 0 Å². The van der Waals surface area contributed by atoms with Crippen LogP contribution in [-0.2, 0) is 0 Å². The van der Waals surface area contributed by atoms with Gasteiger partial charge >= 0.3 is 0 Å². The molecule has 0 aliphatic heterocycles. The number of anilines is 1. The van der Waals surface area contributed by atoms with E-state index in [4.69, 9.17) is 5.73 Å². The van der Waals surface area contributed by atoms with Crippen molar-refractivity contribution in [3.8, 4) is 11.3 Å². The second kappa shape index (κ2) is 3.84. The predicted molar refractivity (Wildman–Crippen MR) is 56.5 cm³/mol. The van der Waals surface area contributed by atoms with Crippen LogP contribution in [0.4, 0.5) is 14.6 Å². The molecule has 0 radical (unpaired) electrons. The van der Waals surface area contributed by atoms with E-state index in [9.17, 15) is 8.78 Å². The van der Waals surface area contributed by atoms with E-state index in [1.807, 2.05) is 0 Å². The molecule has 82 valence electrons. The Balaban J connectivity index is 2.63. The van der Waals surface area contributed by atoms with E-state index >= 15 is 0 Å². The number of hydrogen-bond acceptors (Lipinski definition) is 3. The third-order valence-corrected chi connectivity index (χ3v) is 2.26. The van der Waals surface area contributed by atoms with Crippen molar-refractivity contribution in [2.45, 2.75) is 6.92 Å². The van der Waals surface area contributed by atoms with Crippen LogP contribution in [0.25, 0.3) is 11.3 Å². The molecule has 0 amide bonds. The van der Waals surface area contributed by atoms with Crippen LogP contribution in [0.2, 0.25) is 0 Å². The Morgan fingerprint density at radius 1 is 1.06 bits per heavy atom. The van der Waals surface area contributed by atoms with Gasteiger partial charge in [0, 0.05) is 17.2 Å². The van der Waals surface area contributed by atoms with Gasteiger partial charge < -0.3 is 5.73 Å². The molecule has 0 unspecified atom stereocenters. The largest absolute Gasteiger partial charge is 0.383 e. The van der Waals surface area contributed by atoms with Gasteiger partial charge in [0.1, 0.15) is 23.8 Å². The monoisotopic (exact) mass is 221 g/mol. The molecular weight excluding hydrogens is 212 g/mol. The Bertz CT molecular complexity index is 520. The minimum Gasteiger partial charge on any atom is -0.383 e. The van der Waals surface area contributed by atoms with E-state index in [0.717, 1.165) is 6.07 Å². The summed E-state index contributed by atoms with van der Waals surface area (Å²) in [5.74, 6) is -0.993. The van der Waals surface area contributed by atoms with E-state index in [1.54, 1.807) is 6.92 Å². The number of hydrogen-bond donors (Lipinski definition) is 1. The van der Waals surface area contributed by atoms with Crippen molar-refractivity contribution < 1.29 is 8.78 Å². The standard InChI is InChI=1S/C11H9F2N3/c1-6-10(15-5-16-11(6)14)7-2-8(12)4-9(13)3-7/h2-5H,1H3,(H2,14,15,16). The fourth-order valence-corrected chi connectivity index (χ4v) is 1.45. The lowest BCUT2D eigenvalue weighted by Crippen LogP contribution is -1.98. The lowest BCUT2D eigenvalue weighted by molar-refractivity contribution is 0.584. The highest BCUT2D eigenvalue weighted by atomic mass is 19.1. The van der Waals surface area contributed by atoms with Crippen LogP contribution in [-0.4, -0.2) is 9.97 Å². The summed E-state index contributed by atoms with van der Waals surface area (Å²) in [5.41, 5.74) is 6.99. The number of nitrogen functional groups attached to an aromatic ring is 1. The molecule has 1 heterocycles. The van der Waals surface area contributed by atoms with Crippen molar-refractivity contribution in [3.05, 3.63) is 41.7 Å². The summed E-state index contributed by atoms with van der Waals surface area (Å²) in [4.78, 5) is 7.76. The molecule has 2 rings (SSSR count). The molecule has 0 aliphatic carbocycles. The Morgan fingerprint density at radius 2 is 1.69 bits per heavy atom. The SMILES string of the molecule is Cc1c(N)ncnc1-c1cc(F)cc(F)c1. The van der Waals surface area contributed by atoms with E-state index in [2.05, 4.69) is 9.97 Å². The predicted octanol–water partition coefficient (Wildman–Crippen LogP) is 2.31. The highest BCUT2D eigenvalue weighted by Gasteiger charge is 2.09. The fraction of sp³-hybridized carbons (Fsp3) is 0.0909. The Hall–Kier alpha value is -2.04. The number of nitrogens with two attached hydrogens (primary N) is 1. The summed E-state index contributed by atoms with van der Waals surface area (Å²) in [6.07, 6.45) is 1.26. The molecule has 0 aliphatic rings.